The molecule has 32 heavy (non-hydrogen) atoms. The fraction of sp³-hybridized carbons (Fsp3) is 0.231. The molecule has 160 valence electrons. The van der Waals surface area contributed by atoms with E-state index in [-0.39, 0.29) is 0 Å². The normalized spacial score (nSPS) is 15.5. The van der Waals surface area contributed by atoms with Crippen molar-refractivity contribution >= 4 is 16.9 Å². The Hall–Kier alpha value is -3.82. The third kappa shape index (κ3) is 4.16. The van der Waals surface area contributed by atoms with Crippen molar-refractivity contribution in [3.63, 3.8) is 0 Å². The zero-order chi connectivity index (χ0) is 21.8. The Morgan fingerprint density at radius 2 is 1.91 bits per heavy atom. The lowest BCUT2D eigenvalue weighted by molar-refractivity contribution is 0.483. The number of rotatable bonds is 6. The standard InChI is InChI=1S/C26H25N5O/c1-2-3-14-27-20-13-15-31(17-20)26-24-23(16-28-25(24)29-18-30-26)19-9-11-22(12-10-19)32-21-7-5-4-6-8-21/h4-12,16,18,20,27H,13-15,17H2,1H3,(H,28,29,30)/t20-/m1/s1. The average Bonchev–Trinajstić information content (AvgIpc) is 3.48. The number of H-pyrrole nitrogens is 1. The summed E-state index contributed by atoms with van der Waals surface area (Å²) in [5.74, 6) is 8.63. The number of nitrogens with zero attached hydrogens (tertiary/aromatic N) is 3. The number of aromatic amines is 1. The van der Waals surface area contributed by atoms with E-state index in [1.807, 2.05) is 55.6 Å². The Balaban J connectivity index is 1.40. The van der Waals surface area contributed by atoms with Crippen LogP contribution >= 0.6 is 0 Å². The first-order valence-corrected chi connectivity index (χ1v) is 10.8. The highest BCUT2D eigenvalue weighted by molar-refractivity contribution is 6.01. The molecule has 6 heteroatoms. The third-order valence-corrected chi connectivity index (χ3v) is 5.74. The van der Waals surface area contributed by atoms with E-state index in [0.717, 1.165) is 65.5 Å². The van der Waals surface area contributed by atoms with E-state index in [0.29, 0.717) is 6.04 Å². The van der Waals surface area contributed by atoms with Gasteiger partial charge in [0.1, 0.15) is 29.3 Å². The van der Waals surface area contributed by atoms with Crippen LogP contribution in [-0.2, 0) is 0 Å². The molecule has 0 unspecified atom stereocenters. The first-order valence-electron chi connectivity index (χ1n) is 10.8. The second kappa shape index (κ2) is 9.13. The van der Waals surface area contributed by atoms with E-state index in [1.54, 1.807) is 6.33 Å². The Morgan fingerprint density at radius 3 is 2.72 bits per heavy atom. The van der Waals surface area contributed by atoms with Crippen molar-refractivity contribution in [3.05, 3.63) is 67.1 Å². The number of anilines is 1. The van der Waals surface area contributed by atoms with Crippen LogP contribution in [0.2, 0.25) is 0 Å². The number of hydrogen-bond donors (Lipinski definition) is 2. The van der Waals surface area contributed by atoms with Gasteiger partial charge in [0.25, 0.3) is 0 Å². The van der Waals surface area contributed by atoms with Crippen LogP contribution < -0.4 is 15.0 Å². The van der Waals surface area contributed by atoms with Gasteiger partial charge in [-0.2, -0.15) is 0 Å². The zero-order valence-corrected chi connectivity index (χ0v) is 18.0. The second-order valence-corrected chi connectivity index (χ2v) is 7.80. The van der Waals surface area contributed by atoms with E-state index < -0.39 is 0 Å². The van der Waals surface area contributed by atoms with Crippen molar-refractivity contribution in [2.75, 3.05) is 24.5 Å². The van der Waals surface area contributed by atoms with E-state index in [2.05, 4.69) is 49.1 Å². The molecule has 0 spiro atoms. The van der Waals surface area contributed by atoms with Gasteiger partial charge in [-0.05, 0) is 43.2 Å². The van der Waals surface area contributed by atoms with Gasteiger partial charge in [0, 0.05) is 30.9 Å². The number of hydrogen-bond acceptors (Lipinski definition) is 5. The SMILES string of the molecule is CC#CCN[C@@H]1CCN(c2ncnc3[nH]cc(-c4ccc(Oc5ccccc5)cc4)c23)C1. The van der Waals surface area contributed by atoms with Gasteiger partial charge in [0.2, 0.25) is 0 Å². The molecule has 6 nitrogen and oxygen atoms in total. The van der Waals surface area contributed by atoms with Crippen LogP contribution in [0.15, 0.2) is 67.1 Å². The smallest absolute Gasteiger partial charge is 0.143 e. The van der Waals surface area contributed by atoms with Gasteiger partial charge < -0.3 is 19.9 Å². The predicted molar refractivity (Wildman–Crippen MR) is 128 cm³/mol. The van der Waals surface area contributed by atoms with Crippen molar-refractivity contribution in [2.24, 2.45) is 0 Å². The van der Waals surface area contributed by atoms with Gasteiger partial charge in [-0.3, -0.25) is 0 Å². The summed E-state index contributed by atoms with van der Waals surface area (Å²) in [6, 6.07) is 18.4. The molecule has 1 atom stereocenters. The number of para-hydroxylation sites is 1. The van der Waals surface area contributed by atoms with Crippen molar-refractivity contribution in [3.8, 4) is 34.5 Å². The topological polar surface area (TPSA) is 66.1 Å². The molecule has 2 aromatic carbocycles. The summed E-state index contributed by atoms with van der Waals surface area (Å²) < 4.78 is 5.94. The molecule has 4 aromatic rings. The van der Waals surface area contributed by atoms with Crippen molar-refractivity contribution < 1.29 is 4.74 Å². The number of aromatic nitrogens is 3. The molecule has 2 aromatic heterocycles. The maximum atomic E-state index is 5.94. The first-order chi connectivity index (χ1) is 15.8. The van der Waals surface area contributed by atoms with E-state index in [1.165, 1.54) is 0 Å². The van der Waals surface area contributed by atoms with Crippen LogP contribution in [0, 0.1) is 11.8 Å². The van der Waals surface area contributed by atoms with Crippen LogP contribution in [0.3, 0.4) is 0 Å². The molecule has 0 saturated carbocycles. The fourth-order valence-electron chi connectivity index (χ4n) is 4.14. The molecule has 2 N–H and O–H groups in total. The summed E-state index contributed by atoms with van der Waals surface area (Å²) in [7, 11) is 0. The lowest BCUT2D eigenvalue weighted by Crippen LogP contribution is -2.33. The number of nitrogens with one attached hydrogen (secondary N) is 2. The molecular formula is C26H25N5O. The van der Waals surface area contributed by atoms with E-state index >= 15 is 0 Å². The van der Waals surface area contributed by atoms with Crippen molar-refractivity contribution in [2.45, 2.75) is 19.4 Å². The Labute approximate surface area is 187 Å². The lowest BCUT2D eigenvalue weighted by Gasteiger charge is -2.19. The minimum Gasteiger partial charge on any atom is -0.457 e. The monoisotopic (exact) mass is 423 g/mol. The highest BCUT2D eigenvalue weighted by Gasteiger charge is 2.26. The molecule has 5 rings (SSSR count). The maximum Gasteiger partial charge on any atom is 0.143 e. The lowest BCUT2D eigenvalue weighted by atomic mass is 10.1. The van der Waals surface area contributed by atoms with Crippen LogP contribution in [0.1, 0.15) is 13.3 Å². The van der Waals surface area contributed by atoms with Crippen molar-refractivity contribution in [1.29, 1.82) is 0 Å². The van der Waals surface area contributed by atoms with Gasteiger partial charge in [0.15, 0.2) is 0 Å². The summed E-state index contributed by atoms with van der Waals surface area (Å²) in [4.78, 5) is 14.8. The molecule has 1 aliphatic rings. The summed E-state index contributed by atoms with van der Waals surface area (Å²) in [6.45, 7) is 4.46. The molecule has 1 fully saturated rings. The van der Waals surface area contributed by atoms with Gasteiger partial charge in [0.05, 0.1) is 11.9 Å². The van der Waals surface area contributed by atoms with Gasteiger partial charge in [-0.1, -0.05) is 36.3 Å². The minimum absolute atomic E-state index is 0.415. The van der Waals surface area contributed by atoms with Crippen LogP contribution in [0.25, 0.3) is 22.2 Å². The highest BCUT2D eigenvalue weighted by atomic mass is 16.5. The van der Waals surface area contributed by atoms with E-state index in [9.17, 15) is 0 Å². The molecule has 1 aliphatic heterocycles. The Morgan fingerprint density at radius 1 is 1.09 bits per heavy atom. The largest absolute Gasteiger partial charge is 0.457 e. The number of fused-ring (bicyclic) bond motifs is 1. The molecule has 0 radical (unpaired) electrons. The Bertz CT molecular complexity index is 1250. The quantitative estimate of drug-likeness (QED) is 0.444. The fourth-order valence-corrected chi connectivity index (χ4v) is 4.14. The van der Waals surface area contributed by atoms with Crippen LogP contribution in [0.5, 0.6) is 11.5 Å². The Kier molecular flexibility index (Phi) is 5.73. The minimum atomic E-state index is 0.415. The predicted octanol–water partition coefficient (Wildman–Crippen LogP) is 4.61. The molecule has 0 amide bonds. The molecular weight excluding hydrogens is 398 g/mol. The van der Waals surface area contributed by atoms with E-state index in [4.69, 9.17) is 4.74 Å². The third-order valence-electron chi connectivity index (χ3n) is 5.74. The first kappa shape index (κ1) is 20.1. The zero-order valence-electron chi connectivity index (χ0n) is 18.0. The number of benzene rings is 2. The maximum absolute atomic E-state index is 5.94. The van der Waals surface area contributed by atoms with Gasteiger partial charge >= 0.3 is 0 Å². The molecule has 0 bridgehead atoms. The van der Waals surface area contributed by atoms with Crippen molar-refractivity contribution in [1.82, 2.24) is 20.3 Å². The summed E-state index contributed by atoms with van der Waals surface area (Å²) in [6.07, 6.45) is 4.72. The van der Waals surface area contributed by atoms with Crippen LogP contribution in [-0.4, -0.2) is 40.6 Å². The summed E-state index contributed by atoms with van der Waals surface area (Å²) in [5.41, 5.74) is 3.04. The molecule has 0 aliphatic carbocycles. The molecule has 3 heterocycles. The summed E-state index contributed by atoms with van der Waals surface area (Å²) >= 11 is 0. The summed E-state index contributed by atoms with van der Waals surface area (Å²) in [5, 5.41) is 4.57. The van der Waals surface area contributed by atoms with Crippen LogP contribution in [0.4, 0.5) is 5.82 Å². The highest BCUT2D eigenvalue weighted by Crippen LogP contribution is 2.35. The second-order valence-electron chi connectivity index (χ2n) is 7.80. The van der Waals surface area contributed by atoms with Gasteiger partial charge in [-0.15, -0.1) is 5.92 Å². The molecule has 1 saturated heterocycles. The average molecular weight is 424 g/mol. The van der Waals surface area contributed by atoms with Gasteiger partial charge in [-0.25, -0.2) is 9.97 Å². The number of ether oxygens (including phenoxy) is 1.